The van der Waals surface area contributed by atoms with Gasteiger partial charge in [0.05, 0.1) is 10.6 Å². The van der Waals surface area contributed by atoms with Crippen LogP contribution in [0.15, 0.2) is 28.8 Å². The van der Waals surface area contributed by atoms with Gasteiger partial charge in [-0.3, -0.25) is 19.7 Å². The maximum Gasteiger partial charge on any atom is 0.306 e. The molecule has 0 unspecified atom stereocenters. The van der Waals surface area contributed by atoms with Gasteiger partial charge in [0, 0.05) is 18.1 Å². The van der Waals surface area contributed by atoms with Crippen LogP contribution in [0, 0.1) is 24.0 Å². The molecule has 9 nitrogen and oxygen atoms in total. The molecular weight excluding hydrogens is 330 g/mol. The van der Waals surface area contributed by atoms with Gasteiger partial charge >= 0.3 is 5.97 Å². The van der Waals surface area contributed by atoms with Crippen LogP contribution in [0.4, 0.5) is 11.4 Å². The van der Waals surface area contributed by atoms with Crippen LogP contribution in [0.3, 0.4) is 0 Å². The first-order chi connectivity index (χ1) is 11.9. The number of anilines is 1. The van der Waals surface area contributed by atoms with Crippen LogP contribution in [0.25, 0.3) is 0 Å². The van der Waals surface area contributed by atoms with E-state index in [0.717, 1.165) is 5.56 Å². The van der Waals surface area contributed by atoms with Crippen molar-refractivity contribution in [3.05, 3.63) is 51.4 Å². The molecule has 0 fully saturated rings. The van der Waals surface area contributed by atoms with E-state index in [4.69, 9.17) is 9.26 Å². The third kappa shape index (κ3) is 4.87. The molecule has 0 aliphatic heterocycles. The Balaban J connectivity index is 1.82. The number of hydrogen-bond donors (Lipinski definition) is 1. The summed E-state index contributed by atoms with van der Waals surface area (Å²) in [5.74, 6) is -0.572. The maximum absolute atomic E-state index is 11.8. The molecule has 9 heteroatoms. The molecule has 0 saturated heterocycles. The molecule has 1 amide bonds. The van der Waals surface area contributed by atoms with Crippen molar-refractivity contribution in [2.75, 3.05) is 11.9 Å². The number of hydrogen-bond acceptors (Lipinski definition) is 7. The Morgan fingerprint density at radius 3 is 2.68 bits per heavy atom. The van der Waals surface area contributed by atoms with Crippen LogP contribution in [0.1, 0.15) is 23.4 Å². The van der Waals surface area contributed by atoms with Crippen LogP contribution < -0.4 is 5.32 Å². The van der Waals surface area contributed by atoms with E-state index in [9.17, 15) is 19.7 Å². The zero-order valence-electron chi connectivity index (χ0n) is 13.8. The molecule has 25 heavy (non-hydrogen) atoms. The molecule has 0 saturated carbocycles. The SMILES string of the molecule is Cc1noc(C)c1CCC(=O)OCC(=O)Nc1ccccc1[N+](=O)[O-]. The second-order valence-electron chi connectivity index (χ2n) is 5.29. The summed E-state index contributed by atoms with van der Waals surface area (Å²) < 4.78 is 9.88. The highest BCUT2D eigenvalue weighted by molar-refractivity contribution is 5.94. The fourth-order valence-electron chi connectivity index (χ4n) is 2.23. The summed E-state index contributed by atoms with van der Waals surface area (Å²) in [6, 6.07) is 5.71. The van der Waals surface area contributed by atoms with Crippen LogP contribution in [0.2, 0.25) is 0 Å². The molecule has 1 heterocycles. The van der Waals surface area contributed by atoms with E-state index in [1.807, 2.05) is 0 Å². The standard InChI is InChI=1S/C16H17N3O6/c1-10-12(11(2)25-18-10)7-8-16(21)24-9-15(20)17-13-5-3-4-6-14(13)19(22)23/h3-6H,7-9H2,1-2H3,(H,17,20). The van der Waals surface area contributed by atoms with Crippen molar-refractivity contribution in [1.82, 2.24) is 5.16 Å². The second kappa shape index (κ2) is 8.04. The van der Waals surface area contributed by atoms with Gasteiger partial charge in [-0.2, -0.15) is 0 Å². The first-order valence-corrected chi connectivity index (χ1v) is 7.49. The number of rotatable bonds is 7. The number of ether oxygens (including phenoxy) is 1. The lowest BCUT2D eigenvalue weighted by Crippen LogP contribution is -2.21. The number of nitro groups is 1. The summed E-state index contributed by atoms with van der Waals surface area (Å²) in [5.41, 5.74) is 1.35. The third-order valence-corrected chi connectivity index (χ3v) is 3.50. The summed E-state index contributed by atoms with van der Waals surface area (Å²) in [5, 5.41) is 17.0. The van der Waals surface area contributed by atoms with Gasteiger partial charge in [0.1, 0.15) is 11.4 Å². The molecule has 0 atom stereocenters. The smallest absolute Gasteiger partial charge is 0.306 e. The Bertz CT molecular complexity index is 779. The van der Waals surface area contributed by atoms with Crippen molar-refractivity contribution in [2.45, 2.75) is 26.7 Å². The van der Waals surface area contributed by atoms with Gasteiger partial charge in [-0.15, -0.1) is 0 Å². The van der Waals surface area contributed by atoms with E-state index in [1.165, 1.54) is 18.2 Å². The number of carbonyl (C=O) groups excluding carboxylic acids is 2. The molecule has 2 aromatic rings. The predicted molar refractivity (Wildman–Crippen MR) is 87.0 cm³/mol. The minimum atomic E-state index is -0.653. The largest absolute Gasteiger partial charge is 0.456 e. The van der Waals surface area contributed by atoms with Gasteiger partial charge in [0.2, 0.25) is 0 Å². The molecule has 0 bridgehead atoms. The average molecular weight is 347 g/mol. The number of benzene rings is 1. The van der Waals surface area contributed by atoms with Gasteiger partial charge in [-0.05, 0) is 26.3 Å². The number of esters is 1. The monoisotopic (exact) mass is 347 g/mol. The maximum atomic E-state index is 11.8. The number of nitrogens with zero attached hydrogens (tertiary/aromatic N) is 2. The lowest BCUT2D eigenvalue weighted by atomic mass is 10.1. The summed E-state index contributed by atoms with van der Waals surface area (Å²) >= 11 is 0. The zero-order valence-corrected chi connectivity index (χ0v) is 13.8. The molecule has 1 N–H and O–H groups in total. The quantitative estimate of drug-likeness (QED) is 0.463. The summed E-state index contributed by atoms with van der Waals surface area (Å²) in [4.78, 5) is 33.8. The topological polar surface area (TPSA) is 125 Å². The molecule has 0 aliphatic rings. The van der Waals surface area contributed by atoms with Crippen molar-refractivity contribution in [3.63, 3.8) is 0 Å². The van der Waals surface area contributed by atoms with Gasteiger partial charge in [0.25, 0.3) is 11.6 Å². The van der Waals surface area contributed by atoms with E-state index >= 15 is 0 Å². The van der Waals surface area contributed by atoms with Gasteiger partial charge < -0.3 is 14.6 Å². The van der Waals surface area contributed by atoms with E-state index in [-0.39, 0.29) is 17.8 Å². The number of aryl methyl sites for hydroxylation is 2. The van der Waals surface area contributed by atoms with Gasteiger partial charge in [0.15, 0.2) is 6.61 Å². The third-order valence-electron chi connectivity index (χ3n) is 3.50. The molecule has 1 aromatic carbocycles. The van der Waals surface area contributed by atoms with Gasteiger partial charge in [-0.1, -0.05) is 17.3 Å². The second-order valence-corrected chi connectivity index (χ2v) is 5.29. The summed E-state index contributed by atoms with van der Waals surface area (Å²) in [6.45, 7) is 3.00. The van der Waals surface area contributed by atoms with Crippen LogP contribution in [0.5, 0.6) is 0 Å². The van der Waals surface area contributed by atoms with Gasteiger partial charge in [-0.25, -0.2) is 0 Å². The molecule has 132 valence electrons. The first kappa shape index (κ1) is 18.1. The lowest BCUT2D eigenvalue weighted by Gasteiger charge is -2.07. The Hall–Kier alpha value is -3.23. The highest BCUT2D eigenvalue weighted by Crippen LogP contribution is 2.23. The molecule has 0 radical (unpaired) electrons. The highest BCUT2D eigenvalue weighted by Gasteiger charge is 2.16. The van der Waals surface area contributed by atoms with Crippen molar-refractivity contribution in [3.8, 4) is 0 Å². The Kier molecular flexibility index (Phi) is 5.83. The molecule has 0 aliphatic carbocycles. The van der Waals surface area contributed by atoms with Crippen LogP contribution in [-0.2, 0) is 20.7 Å². The van der Waals surface area contributed by atoms with Crippen LogP contribution in [-0.4, -0.2) is 28.6 Å². The van der Waals surface area contributed by atoms with Crippen molar-refractivity contribution < 1.29 is 23.8 Å². The summed E-state index contributed by atoms with van der Waals surface area (Å²) in [7, 11) is 0. The number of amides is 1. The van der Waals surface area contributed by atoms with E-state index < -0.39 is 23.4 Å². The molecule has 0 spiro atoms. The van der Waals surface area contributed by atoms with Crippen molar-refractivity contribution >= 4 is 23.3 Å². The minimum Gasteiger partial charge on any atom is -0.456 e. The Morgan fingerprint density at radius 1 is 1.32 bits per heavy atom. The first-order valence-electron chi connectivity index (χ1n) is 7.49. The fraction of sp³-hybridized carbons (Fsp3) is 0.312. The minimum absolute atomic E-state index is 0.0456. The molecular formula is C16H17N3O6. The van der Waals surface area contributed by atoms with E-state index in [0.29, 0.717) is 17.9 Å². The van der Waals surface area contributed by atoms with E-state index in [2.05, 4.69) is 10.5 Å². The van der Waals surface area contributed by atoms with Crippen LogP contribution >= 0.6 is 0 Å². The number of carbonyl (C=O) groups is 2. The molecule has 2 rings (SSSR count). The van der Waals surface area contributed by atoms with Crippen molar-refractivity contribution in [1.29, 1.82) is 0 Å². The number of nitrogens with one attached hydrogen (secondary N) is 1. The Labute approximate surface area is 143 Å². The molecule has 1 aromatic heterocycles. The normalized spacial score (nSPS) is 10.3. The highest BCUT2D eigenvalue weighted by atomic mass is 16.6. The lowest BCUT2D eigenvalue weighted by molar-refractivity contribution is -0.383. The number of nitro benzene ring substituents is 1. The van der Waals surface area contributed by atoms with E-state index in [1.54, 1.807) is 19.9 Å². The van der Waals surface area contributed by atoms with Crippen molar-refractivity contribution in [2.24, 2.45) is 0 Å². The number of aromatic nitrogens is 1. The fourth-order valence-corrected chi connectivity index (χ4v) is 2.23. The summed E-state index contributed by atoms with van der Waals surface area (Å²) in [6.07, 6.45) is 0.466. The predicted octanol–water partition coefficient (Wildman–Crippen LogP) is 2.31. The Morgan fingerprint density at radius 2 is 2.04 bits per heavy atom. The zero-order chi connectivity index (χ0) is 18.4. The number of para-hydroxylation sites is 2. The average Bonchev–Trinajstić information content (AvgIpc) is 2.89.